The SMILES string of the molecule is CCCNc1ncnc2c1cnn2CC(C)C. The fourth-order valence-corrected chi connectivity index (χ4v) is 1.76. The van der Waals surface area contributed by atoms with Crippen LogP contribution in [0.3, 0.4) is 0 Å². The summed E-state index contributed by atoms with van der Waals surface area (Å²) >= 11 is 0. The maximum Gasteiger partial charge on any atom is 0.163 e. The number of nitrogens with one attached hydrogen (secondary N) is 1. The van der Waals surface area contributed by atoms with E-state index >= 15 is 0 Å². The molecule has 0 saturated heterocycles. The normalized spacial score (nSPS) is 11.3. The average Bonchev–Trinajstić information content (AvgIpc) is 2.70. The molecule has 2 heterocycles. The molecule has 1 N–H and O–H groups in total. The van der Waals surface area contributed by atoms with Crippen LogP contribution in [0.5, 0.6) is 0 Å². The molecule has 0 aromatic carbocycles. The highest BCUT2D eigenvalue weighted by molar-refractivity contribution is 5.85. The molecule has 0 fully saturated rings. The molecule has 17 heavy (non-hydrogen) atoms. The molecule has 92 valence electrons. The number of hydrogen-bond acceptors (Lipinski definition) is 4. The van der Waals surface area contributed by atoms with Crippen molar-refractivity contribution in [3.63, 3.8) is 0 Å². The number of anilines is 1. The Morgan fingerprint density at radius 2 is 2.18 bits per heavy atom. The zero-order chi connectivity index (χ0) is 12.3. The Labute approximate surface area is 101 Å². The Kier molecular flexibility index (Phi) is 3.56. The lowest BCUT2D eigenvalue weighted by atomic mass is 10.2. The maximum absolute atomic E-state index is 4.38. The molecule has 0 atom stereocenters. The van der Waals surface area contributed by atoms with Crippen LogP contribution >= 0.6 is 0 Å². The van der Waals surface area contributed by atoms with Gasteiger partial charge >= 0.3 is 0 Å². The van der Waals surface area contributed by atoms with Crippen molar-refractivity contribution in [1.29, 1.82) is 0 Å². The predicted octanol–water partition coefficient (Wildman–Crippen LogP) is 2.30. The third kappa shape index (κ3) is 2.54. The topological polar surface area (TPSA) is 55.6 Å². The second kappa shape index (κ2) is 5.12. The fraction of sp³-hybridized carbons (Fsp3) is 0.583. The third-order valence-electron chi connectivity index (χ3n) is 2.51. The van der Waals surface area contributed by atoms with Crippen LogP contribution in [0.4, 0.5) is 5.82 Å². The van der Waals surface area contributed by atoms with Crippen LogP contribution in [0.2, 0.25) is 0 Å². The summed E-state index contributed by atoms with van der Waals surface area (Å²) in [7, 11) is 0. The molecule has 0 spiro atoms. The van der Waals surface area contributed by atoms with Gasteiger partial charge in [0.05, 0.1) is 11.6 Å². The van der Waals surface area contributed by atoms with Gasteiger partial charge in [-0.3, -0.25) is 0 Å². The van der Waals surface area contributed by atoms with E-state index in [1.165, 1.54) is 0 Å². The molecule has 5 heteroatoms. The number of rotatable bonds is 5. The number of fused-ring (bicyclic) bond motifs is 1. The molecule has 0 unspecified atom stereocenters. The van der Waals surface area contributed by atoms with E-state index in [4.69, 9.17) is 0 Å². The highest BCUT2D eigenvalue weighted by Gasteiger charge is 2.09. The molecule has 0 aliphatic rings. The Morgan fingerprint density at radius 3 is 2.88 bits per heavy atom. The second-order valence-electron chi connectivity index (χ2n) is 4.61. The van der Waals surface area contributed by atoms with E-state index in [-0.39, 0.29) is 0 Å². The van der Waals surface area contributed by atoms with Gasteiger partial charge in [-0.15, -0.1) is 0 Å². The van der Waals surface area contributed by atoms with Crippen LogP contribution in [-0.4, -0.2) is 26.3 Å². The van der Waals surface area contributed by atoms with Gasteiger partial charge in [0.25, 0.3) is 0 Å². The fourth-order valence-electron chi connectivity index (χ4n) is 1.76. The third-order valence-corrected chi connectivity index (χ3v) is 2.51. The summed E-state index contributed by atoms with van der Waals surface area (Å²) in [6.07, 6.45) is 4.51. The van der Waals surface area contributed by atoms with Gasteiger partial charge in [0, 0.05) is 13.1 Å². The minimum atomic E-state index is 0.556. The van der Waals surface area contributed by atoms with E-state index in [0.29, 0.717) is 5.92 Å². The summed E-state index contributed by atoms with van der Waals surface area (Å²) in [5, 5.41) is 8.68. The van der Waals surface area contributed by atoms with Crippen molar-refractivity contribution in [2.45, 2.75) is 33.7 Å². The lowest BCUT2D eigenvalue weighted by molar-refractivity contribution is 0.492. The standard InChI is InChI=1S/C12H19N5/c1-4-5-13-11-10-6-16-17(7-9(2)3)12(10)15-8-14-11/h6,8-9H,4-5,7H2,1-3H3,(H,13,14,15). The first kappa shape index (κ1) is 11.8. The molecule has 2 aromatic heterocycles. The van der Waals surface area contributed by atoms with Gasteiger partial charge in [-0.05, 0) is 12.3 Å². The molecule has 0 aliphatic heterocycles. The predicted molar refractivity (Wildman–Crippen MR) is 68.9 cm³/mol. The largest absolute Gasteiger partial charge is 0.369 e. The van der Waals surface area contributed by atoms with Gasteiger partial charge < -0.3 is 5.32 Å². The smallest absolute Gasteiger partial charge is 0.163 e. The van der Waals surface area contributed by atoms with Gasteiger partial charge in [0.2, 0.25) is 0 Å². The van der Waals surface area contributed by atoms with Crippen LogP contribution in [0.1, 0.15) is 27.2 Å². The van der Waals surface area contributed by atoms with Gasteiger partial charge in [0.1, 0.15) is 12.1 Å². The summed E-state index contributed by atoms with van der Waals surface area (Å²) in [5.41, 5.74) is 0.910. The first-order valence-electron chi connectivity index (χ1n) is 6.12. The highest BCUT2D eigenvalue weighted by atomic mass is 15.3. The van der Waals surface area contributed by atoms with Crippen LogP contribution in [0.15, 0.2) is 12.5 Å². The quantitative estimate of drug-likeness (QED) is 0.861. The first-order valence-corrected chi connectivity index (χ1v) is 6.12. The first-order chi connectivity index (χ1) is 8.22. The average molecular weight is 233 g/mol. The van der Waals surface area contributed by atoms with Crippen molar-refractivity contribution >= 4 is 16.9 Å². The van der Waals surface area contributed by atoms with Crippen LogP contribution in [0.25, 0.3) is 11.0 Å². The Balaban J connectivity index is 2.35. The lowest BCUT2D eigenvalue weighted by Gasteiger charge is -2.07. The molecular weight excluding hydrogens is 214 g/mol. The van der Waals surface area contributed by atoms with Gasteiger partial charge in [-0.25, -0.2) is 14.6 Å². The van der Waals surface area contributed by atoms with Crippen molar-refractivity contribution < 1.29 is 0 Å². The van der Waals surface area contributed by atoms with E-state index in [0.717, 1.165) is 36.4 Å². The molecule has 0 radical (unpaired) electrons. The summed E-state index contributed by atoms with van der Waals surface area (Å²) in [4.78, 5) is 8.57. The minimum absolute atomic E-state index is 0.556. The zero-order valence-electron chi connectivity index (χ0n) is 10.6. The van der Waals surface area contributed by atoms with Crippen LogP contribution in [0, 0.1) is 5.92 Å². The van der Waals surface area contributed by atoms with E-state index in [9.17, 15) is 0 Å². The lowest BCUT2D eigenvalue weighted by Crippen LogP contribution is -2.07. The summed E-state index contributed by atoms with van der Waals surface area (Å²) in [5.74, 6) is 1.44. The molecular formula is C12H19N5. The monoisotopic (exact) mass is 233 g/mol. The highest BCUT2D eigenvalue weighted by Crippen LogP contribution is 2.19. The minimum Gasteiger partial charge on any atom is -0.369 e. The van der Waals surface area contributed by atoms with Crippen molar-refractivity contribution in [2.24, 2.45) is 5.92 Å². The Hall–Kier alpha value is -1.65. The van der Waals surface area contributed by atoms with E-state index in [1.807, 2.05) is 10.9 Å². The van der Waals surface area contributed by atoms with Crippen molar-refractivity contribution in [2.75, 3.05) is 11.9 Å². The van der Waals surface area contributed by atoms with Gasteiger partial charge in [-0.1, -0.05) is 20.8 Å². The van der Waals surface area contributed by atoms with E-state index in [2.05, 4.69) is 41.2 Å². The van der Waals surface area contributed by atoms with E-state index < -0.39 is 0 Å². The number of nitrogens with zero attached hydrogens (tertiary/aromatic N) is 4. The number of aromatic nitrogens is 4. The van der Waals surface area contributed by atoms with Gasteiger partial charge in [0.15, 0.2) is 5.65 Å². The van der Waals surface area contributed by atoms with Crippen LogP contribution < -0.4 is 5.32 Å². The summed E-state index contributed by atoms with van der Waals surface area (Å²) in [6, 6.07) is 0. The van der Waals surface area contributed by atoms with Crippen molar-refractivity contribution in [3.05, 3.63) is 12.5 Å². The molecule has 5 nitrogen and oxygen atoms in total. The molecule has 0 bridgehead atoms. The zero-order valence-corrected chi connectivity index (χ0v) is 10.6. The summed E-state index contributed by atoms with van der Waals surface area (Å²) in [6.45, 7) is 8.28. The molecule has 2 rings (SSSR count). The van der Waals surface area contributed by atoms with Crippen LogP contribution in [-0.2, 0) is 6.54 Å². The van der Waals surface area contributed by atoms with Crippen molar-refractivity contribution in [3.8, 4) is 0 Å². The Morgan fingerprint density at radius 1 is 1.35 bits per heavy atom. The van der Waals surface area contributed by atoms with E-state index in [1.54, 1.807) is 6.33 Å². The maximum atomic E-state index is 4.38. The second-order valence-corrected chi connectivity index (χ2v) is 4.61. The Bertz CT molecular complexity index is 489. The molecule has 0 amide bonds. The molecule has 0 aliphatic carbocycles. The number of hydrogen-bond donors (Lipinski definition) is 1. The molecule has 0 saturated carbocycles. The van der Waals surface area contributed by atoms with Gasteiger partial charge in [-0.2, -0.15) is 5.10 Å². The summed E-state index contributed by atoms with van der Waals surface area (Å²) < 4.78 is 1.94. The van der Waals surface area contributed by atoms with Crippen molar-refractivity contribution in [1.82, 2.24) is 19.7 Å². The molecule has 2 aromatic rings.